The summed E-state index contributed by atoms with van der Waals surface area (Å²) in [6, 6.07) is 7.38. The molecule has 0 unspecified atom stereocenters. The molecule has 0 aliphatic rings. The van der Waals surface area contributed by atoms with E-state index in [0.717, 1.165) is 0 Å². The lowest BCUT2D eigenvalue weighted by Crippen LogP contribution is -2.21. The van der Waals surface area contributed by atoms with Crippen LogP contribution in [0, 0.1) is 12.7 Å². The van der Waals surface area contributed by atoms with Gasteiger partial charge < -0.3 is 15.2 Å². The van der Waals surface area contributed by atoms with Crippen molar-refractivity contribution in [3.05, 3.63) is 41.9 Å². The van der Waals surface area contributed by atoms with Gasteiger partial charge in [0.05, 0.1) is 6.54 Å². The van der Waals surface area contributed by atoms with Crippen molar-refractivity contribution in [1.29, 1.82) is 0 Å². The maximum absolute atomic E-state index is 12.9. The molecule has 18 heavy (non-hydrogen) atoms. The molecule has 0 atom stereocenters. The Labute approximate surface area is 103 Å². The summed E-state index contributed by atoms with van der Waals surface area (Å²) in [5, 5.41) is 9.03. The second-order valence-corrected chi connectivity index (χ2v) is 3.73. The monoisotopic (exact) mass is 249 g/mol. The van der Waals surface area contributed by atoms with Gasteiger partial charge in [0.15, 0.2) is 5.82 Å². The summed E-state index contributed by atoms with van der Waals surface area (Å²) in [7, 11) is 0. The predicted octanol–water partition coefficient (Wildman–Crippen LogP) is 2.17. The molecule has 2 aromatic rings. The van der Waals surface area contributed by atoms with Crippen molar-refractivity contribution in [3.8, 4) is 0 Å². The summed E-state index contributed by atoms with van der Waals surface area (Å²) in [6.45, 7) is 1.79. The number of nitrogens with one attached hydrogen (secondary N) is 2. The number of amides is 1. The number of hydrogen-bond acceptors (Lipinski definition) is 4. The first-order valence-electron chi connectivity index (χ1n) is 5.36. The van der Waals surface area contributed by atoms with Crippen LogP contribution in [0.15, 0.2) is 34.9 Å². The van der Waals surface area contributed by atoms with Gasteiger partial charge in [-0.25, -0.2) is 4.39 Å². The lowest BCUT2D eigenvalue weighted by Gasteiger charge is -2.05. The molecule has 5 nitrogen and oxygen atoms in total. The van der Waals surface area contributed by atoms with Crippen LogP contribution >= 0.6 is 0 Å². The number of hydrogen-bond donors (Lipinski definition) is 2. The van der Waals surface area contributed by atoms with Gasteiger partial charge in [0.1, 0.15) is 11.6 Å². The maximum Gasteiger partial charge on any atom is 0.243 e. The zero-order valence-corrected chi connectivity index (χ0v) is 9.74. The van der Waals surface area contributed by atoms with Gasteiger partial charge in [-0.05, 0) is 25.1 Å². The number of aromatic nitrogens is 1. The van der Waals surface area contributed by atoms with Crippen LogP contribution in [0.2, 0.25) is 0 Å². The van der Waals surface area contributed by atoms with E-state index in [9.17, 15) is 9.18 Å². The quantitative estimate of drug-likeness (QED) is 0.871. The van der Waals surface area contributed by atoms with Crippen molar-refractivity contribution in [2.75, 3.05) is 17.2 Å². The van der Waals surface area contributed by atoms with E-state index in [1.807, 2.05) is 0 Å². The highest BCUT2D eigenvalue weighted by Crippen LogP contribution is 2.09. The smallest absolute Gasteiger partial charge is 0.243 e. The molecule has 0 saturated heterocycles. The number of carbonyl (C=O) groups is 1. The summed E-state index contributed by atoms with van der Waals surface area (Å²) in [5.74, 6) is 0.457. The van der Waals surface area contributed by atoms with Crippen LogP contribution < -0.4 is 10.6 Å². The Bertz CT molecular complexity index is 554. The zero-order chi connectivity index (χ0) is 13.0. The molecule has 1 aromatic carbocycles. The first kappa shape index (κ1) is 12.1. The molecule has 0 aliphatic carbocycles. The SMILES string of the molecule is Cc1cc(NCC(=O)Nc2cccc(F)c2)no1. The van der Waals surface area contributed by atoms with E-state index in [2.05, 4.69) is 15.8 Å². The Hall–Kier alpha value is -2.37. The summed E-state index contributed by atoms with van der Waals surface area (Å²) >= 11 is 0. The topological polar surface area (TPSA) is 67.2 Å². The summed E-state index contributed by atoms with van der Waals surface area (Å²) < 4.78 is 17.7. The molecule has 0 fully saturated rings. The molecule has 2 rings (SSSR count). The van der Waals surface area contributed by atoms with Gasteiger partial charge in [-0.1, -0.05) is 11.2 Å². The van der Waals surface area contributed by atoms with Crippen molar-refractivity contribution in [3.63, 3.8) is 0 Å². The molecule has 94 valence electrons. The van der Waals surface area contributed by atoms with E-state index in [-0.39, 0.29) is 12.5 Å². The van der Waals surface area contributed by atoms with E-state index >= 15 is 0 Å². The number of rotatable bonds is 4. The van der Waals surface area contributed by atoms with Crippen molar-refractivity contribution >= 4 is 17.4 Å². The minimum absolute atomic E-state index is 0.0302. The van der Waals surface area contributed by atoms with Crippen molar-refractivity contribution in [2.45, 2.75) is 6.92 Å². The van der Waals surface area contributed by atoms with Crippen molar-refractivity contribution in [2.24, 2.45) is 0 Å². The lowest BCUT2D eigenvalue weighted by molar-refractivity contribution is -0.114. The van der Waals surface area contributed by atoms with Crippen LogP contribution in [0.1, 0.15) is 5.76 Å². The minimum atomic E-state index is -0.395. The van der Waals surface area contributed by atoms with Crippen LogP contribution in [0.25, 0.3) is 0 Å². The molecular weight excluding hydrogens is 237 g/mol. The Kier molecular flexibility index (Phi) is 3.57. The standard InChI is InChI=1S/C12H12FN3O2/c1-8-5-11(16-18-8)14-7-12(17)15-10-4-2-3-9(13)6-10/h2-6H,7H2,1H3,(H,14,16)(H,15,17). The molecule has 1 aromatic heterocycles. The van der Waals surface area contributed by atoms with Gasteiger partial charge in [0, 0.05) is 11.8 Å². The van der Waals surface area contributed by atoms with Gasteiger partial charge in [-0.3, -0.25) is 4.79 Å². The molecule has 0 bridgehead atoms. The zero-order valence-electron chi connectivity index (χ0n) is 9.74. The first-order valence-corrected chi connectivity index (χ1v) is 5.36. The third-order valence-electron chi connectivity index (χ3n) is 2.17. The summed E-state index contributed by atoms with van der Waals surface area (Å²) in [6.07, 6.45) is 0. The van der Waals surface area contributed by atoms with E-state index in [0.29, 0.717) is 17.3 Å². The molecular formula is C12H12FN3O2. The number of carbonyl (C=O) groups excluding carboxylic acids is 1. The lowest BCUT2D eigenvalue weighted by atomic mass is 10.3. The Balaban J connectivity index is 1.85. The van der Waals surface area contributed by atoms with E-state index in [1.165, 1.54) is 18.2 Å². The van der Waals surface area contributed by atoms with Gasteiger partial charge in [-0.15, -0.1) is 0 Å². The van der Waals surface area contributed by atoms with Crippen LogP contribution in [-0.2, 0) is 4.79 Å². The third-order valence-corrected chi connectivity index (χ3v) is 2.17. The maximum atomic E-state index is 12.9. The van der Waals surface area contributed by atoms with Crippen LogP contribution in [-0.4, -0.2) is 17.6 Å². The van der Waals surface area contributed by atoms with E-state index in [4.69, 9.17) is 4.52 Å². The second kappa shape index (κ2) is 5.31. The molecule has 1 heterocycles. The van der Waals surface area contributed by atoms with Crippen molar-refractivity contribution < 1.29 is 13.7 Å². The average molecular weight is 249 g/mol. The predicted molar refractivity (Wildman–Crippen MR) is 64.8 cm³/mol. The Morgan fingerprint density at radius 2 is 2.28 bits per heavy atom. The highest BCUT2D eigenvalue weighted by atomic mass is 19.1. The fourth-order valence-corrected chi connectivity index (χ4v) is 1.39. The number of benzene rings is 1. The first-order chi connectivity index (χ1) is 8.63. The summed E-state index contributed by atoms with van der Waals surface area (Å²) in [5.41, 5.74) is 0.415. The van der Waals surface area contributed by atoms with Gasteiger partial charge in [0.25, 0.3) is 0 Å². The highest BCUT2D eigenvalue weighted by molar-refractivity contribution is 5.93. The molecule has 6 heteroatoms. The van der Waals surface area contributed by atoms with Crippen LogP contribution in [0.3, 0.4) is 0 Å². The number of halogens is 1. The third kappa shape index (κ3) is 3.31. The molecule has 1 amide bonds. The van der Waals surface area contributed by atoms with Crippen molar-refractivity contribution in [1.82, 2.24) is 5.16 Å². The van der Waals surface area contributed by atoms with Gasteiger partial charge in [0.2, 0.25) is 5.91 Å². The fourth-order valence-electron chi connectivity index (χ4n) is 1.39. The second-order valence-electron chi connectivity index (χ2n) is 3.73. The van der Waals surface area contributed by atoms with Crippen LogP contribution in [0.5, 0.6) is 0 Å². The largest absolute Gasteiger partial charge is 0.360 e. The number of nitrogens with zero attached hydrogens (tertiary/aromatic N) is 1. The molecule has 0 saturated carbocycles. The van der Waals surface area contributed by atoms with E-state index < -0.39 is 5.82 Å². The fraction of sp³-hybridized carbons (Fsp3) is 0.167. The molecule has 0 radical (unpaired) electrons. The minimum Gasteiger partial charge on any atom is -0.360 e. The normalized spacial score (nSPS) is 10.1. The van der Waals surface area contributed by atoms with Crippen LogP contribution in [0.4, 0.5) is 15.9 Å². The average Bonchev–Trinajstić information content (AvgIpc) is 2.73. The van der Waals surface area contributed by atoms with Gasteiger partial charge in [-0.2, -0.15) is 0 Å². The summed E-state index contributed by atoms with van der Waals surface area (Å²) in [4.78, 5) is 11.5. The number of anilines is 2. The Morgan fingerprint density at radius 1 is 1.44 bits per heavy atom. The molecule has 0 spiro atoms. The highest BCUT2D eigenvalue weighted by Gasteiger charge is 2.05. The Morgan fingerprint density at radius 3 is 2.94 bits per heavy atom. The van der Waals surface area contributed by atoms with Gasteiger partial charge >= 0.3 is 0 Å². The number of aryl methyl sites for hydroxylation is 1. The molecule has 0 aliphatic heterocycles. The van der Waals surface area contributed by atoms with E-state index in [1.54, 1.807) is 19.1 Å². The molecule has 2 N–H and O–H groups in total.